The molecule has 1 rings (SSSR count). The summed E-state index contributed by atoms with van der Waals surface area (Å²) in [6.45, 7) is 11.0. The van der Waals surface area contributed by atoms with Crippen LogP contribution in [0.4, 0.5) is 0 Å². The lowest BCUT2D eigenvalue weighted by Gasteiger charge is -2.31. The molecule has 88 valence electrons. The first-order valence-electron chi connectivity index (χ1n) is 6.76. The van der Waals surface area contributed by atoms with E-state index in [1.54, 1.807) is 0 Å². The van der Waals surface area contributed by atoms with Gasteiger partial charge in [0.15, 0.2) is 0 Å². The number of hydrogen-bond donors (Lipinski definition) is 0. The Kier molecular flexibility index (Phi) is 5.42. The largest absolute Gasteiger partial charge is 0.103 e. The molecule has 1 aliphatic carbocycles. The Hall–Kier alpha value is -0.260. The molecule has 0 aromatic carbocycles. The molecule has 0 heterocycles. The van der Waals surface area contributed by atoms with Crippen molar-refractivity contribution in [1.29, 1.82) is 0 Å². The van der Waals surface area contributed by atoms with E-state index in [1.807, 2.05) is 0 Å². The van der Waals surface area contributed by atoms with Gasteiger partial charge in [0.2, 0.25) is 0 Å². The Morgan fingerprint density at radius 3 is 2.13 bits per heavy atom. The maximum absolute atomic E-state index is 3.91. The number of allylic oxidation sites excluding steroid dienone is 1. The van der Waals surface area contributed by atoms with Crippen LogP contribution in [0.3, 0.4) is 0 Å². The molecule has 1 unspecified atom stereocenters. The van der Waals surface area contributed by atoms with Gasteiger partial charge in [-0.2, -0.15) is 0 Å². The van der Waals surface area contributed by atoms with Crippen LogP contribution < -0.4 is 0 Å². The molecule has 0 aromatic rings. The van der Waals surface area contributed by atoms with Gasteiger partial charge in [-0.05, 0) is 49.4 Å². The molecule has 0 nitrogen and oxygen atoms in total. The minimum Gasteiger partial charge on any atom is -0.103 e. The summed E-state index contributed by atoms with van der Waals surface area (Å²) in [5.41, 5.74) is 0. The zero-order chi connectivity index (χ0) is 11.3. The number of rotatable bonds is 5. The summed E-state index contributed by atoms with van der Waals surface area (Å²) >= 11 is 0. The van der Waals surface area contributed by atoms with Gasteiger partial charge in [-0.25, -0.2) is 0 Å². The molecular formula is C15H28. The van der Waals surface area contributed by atoms with Gasteiger partial charge in [-0.15, -0.1) is 6.58 Å². The first-order chi connectivity index (χ1) is 7.13. The third-order valence-electron chi connectivity index (χ3n) is 4.15. The van der Waals surface area contributed by atoms with Gasteiger partial charge >= 0.3 is 0 Å². The Bertz CT molecular complexity index is 172. The molecule has 0 spiro atoms. The first kappa shape index (κ1) is 12.8. The van der Waals surface area contributed by atoms with E-state index in [2.05, 4.69) is 33.4 Å². The predicted octanol–water partition coefficient (Wildman–Crippen LogP) is 5.05. The summed E-state index contributed by atoms with van der Waals surface area (Å²) in [6, 6.07) is 0. The Morgan fingerprint density at radius 2 is 1.67 bits per heavy atom. The SMILES string of the molecule is C=CC1CCC(C(C)CCC(C)C)CC1. The van der Waals surface area contributed by atoms with Crippen molar-refractivity contribution in [2.24, 2.45) is 23.7 Å². The Balaban J connectivity index is 2.23. The molecule has 1 fully saturated rings. The summed E-state index contributed by atoms with van der Waals surface area (Å²) < 4.78 is 0. The van der Waals surface area contributed by atoms with Crippen molar-refractivity contribution < 1.29 is 0 Å². The van der Waals surface area contributed by atoms with Gasteiger partial charge in [0, 0.05) is 0 Å². The smallest absolute Gasteiger partial charge is 0.0236 e. The van der Waals surface area contributed by atoms with Crippen LogP contribution in [0, 0.1) is 23.7 Å². The fourth-order valence-electron chi connectivity index (χ4n) is 2.78. The van der Waals surface area contributed by atoms with Gasteiger partial charge < -0.3 is 0 Å². The van der Waals surface area contributed by atoms with Crippen molar-refractivity contribution in [3.8, 4) is 0 Å². The van der Waals surface area contributed by atoms with Gasteiger partial charge in [0.1, 0.15) is 0 Å². The monoisotopic (exact) mass is 208 g/mol. The second-order valence-electron chi connectivity index (χ2n) is 5.86. The average molecular weight is 208 g/mol. The van der Waals surface area contributed by atoms with Crippen LogP contribution in [-0.2, 0) is 0 Å². The summed E-state index contributed by atoms with van der Waals surface area (Å²) in [6.07, 6.45) is 10.7. The van der Waals surface area contributed by atoms with E-state index in [1.165, 1.54) is 38.5 Å². The van der Waals surface area contributed by atoms with Crippen molar-refractivity contribution in [2.45, 2.75) is 59.3 Å². The maximum Gasteiger partial charge on any atom is -0.0236 e. The average Bonchev–Trinajstić information content (AvgIpc) is 2.26. The molecule has 0 radical (unpaired) electrons. The topological polar surface area (TPSA) is 0 Å². The van der Waals surface area contributed by atoms with E-state index in [9.17, 15) is 0 Å². The molecular weight excluding hydrogens is 180 g/mol. The molecule has 15 heavy (non-hydrogen) atoms. The van der Waals surface area contributed by atoms with Crippen LogP contribution in [0.1, 0.15) is 59.3 Å². The lowest BCUT2D eigenvalue weighted by Crippen LogP contribution is -2.19. The van der Waals surface area contributed by atoms with Gasteiger partial charge in [0.05, 0.1) is 0 Å². The fraction of sp³-hybridized carbons (Fsp3) is 0.867. The van der Waals surface area contributed by atoms with Gasteiger partial charge in [0.25, 0.3) is 0 Å². The highest BCUT2D eigenvalue weighted by Crippen LogP contribution is 2.35. The molecule has 0 aromatic heterocycles. The van der Waals surface area contributed by atoms with Crippen molar-refractivity contribution in [2.75, 3.05) is 0 Å². The van der Waals surface area contributed by atoms with Crippen LogP contribution in [0.15, 0.2) is 12.7 Å². The van der Waals surface area contributed by atoms with Crippen molar-refractivity contribution in [3.05, 3.63) is 12.7 Å². The number of hydrogen-bond acceptors (Lipinski definition) is 0. The standard InChI is InChI=1S/C15H28/c1-5-14-8-10-15(11-9-14)13(4)7-6-12(2)3/h5,12-15H,1,6-11H2,2-4H3. The normalized spacial score (nSPS) is 29.1. The minimum absolute atomic E-state index is 0.818. The molecule has 0 heteroatoms. The van der Waals surface area contributed by atoms with Crippen molar-refractivity contribution >= 4 is 0 Å². The zero-order valence-corrected chi connectivity index (χ0v) is 10.8. The summed E-state index contributed by atoms with van der Waals surface area (Å²) in [5, 5.41) is 0. The minimum atomic E-state index is 0.818. The fourth-order valence-corrected chi connectivity index (χ4v) is 2.78. The predicted molar refractivity (Wildman–Crippen MR) is 68.9 cm³/mol. The van der Waals surface area contributed by atoms with Gasteiger partial charge in [-0.1, -0.05) is 39.7 Å². The third-order valence-corrected chi connectivity index (χ3v) is 4.15. The van der Waals surface area contributed by atoms with E-state index >= 15 is 0 Å². The van der Waals surface area contributed by atoms with Crippen LogP contribution in [0.5, 0.6) is 0 Å². The molecule has 0 saturated heterocycles. The van der Waals surface area contributed by atoms with Crippen LogP contribution in [-0.4, -0.2) is 0 Å². The van der Waals surface area contributed by atoms with E-state index < -0.39 is 0 Å². The second kappa shape index (κ2) is 6.35. The highest BCUT2D eigenvalue weighted by Gasteiger charge is 2.23. The van der Waals surface area contributed by atoms with E-state index in [0.29, 0.717) is 0 Å². The van der Waals surface area contributed by atoms with E-state index in [4.69, 9.17) is 0 Å². The molecule has 1 aliphatic rings. The quantitative estimate of drug-likeness (QED) is 0.555. The Morgan fingerprint density at radius 1 is 1.07 bits per heavy atom. The lowest BCUT2D eigenvalue weighted by atomic mass is 9.75. The molecule has 0 amide bonds. The van der Waals surface area contributed by atoms with Crippen LogP contribution >= 0.6 is 0 Å². The first-order valence-corrected chi connectivity index (χ1v) is 6.76. The molecule has 0 N–H and O–H groups in total. The third kappa shape index (κ3) is 4.40. The molecule has 1 atom stereocenters. The molecule has 1 saturated carbocycles. The van der Waals surface area contributed by atoms with E-state index in [0.717, 1.165) is 23.7 Å². The zero-order valence-electron chi connectivity index (χ0n) is 10.8. The maximum atomic E-state index is 3.91. The highest BCUT2D eigenvalue weighted by molar-refractivity contribution is 4.85. The van der Waals surface area contributed by atoms with Crippen molar-refractivity contribution in [1.82, 2.24) is 0 Å². The highest BCUT2D eigenvalue weighted by atomic mass is 14.3. The Labute approximate surface area is 96.2 Å². The molecule has 0 bridgehead atoms. The molecule has 0 aliphatic heterocycles. The van der Waals surface area contributed by atoms with Crippen LogP contribution in [0.25, 0.3) is 0 Å². The van der Waals surface area contributed by atoms with Crippen molar-refractivity contribution in [3.63, 3.8) is 0 Å². The summed E-state index contributed by atoms with van der Waals surface area (Å²) in [5.74, 6) is 3.63. The second-order valence-corrected chi connectivity index (χ2v) is 5.86. The summed E-state index contributed by atoms with van der Waals surface area (Å²) in [4.78, 5) is 0. The lowest BCUT2D eigenvalue weighted by molar-refractivity contribution is 0.219. The summed E-state index contributed by atoms with van der Waals surface area (Å²) in [7, 11) is 0. The van der Waals surface area contributed by atoms with E-state index in [-0.39, 0.29) is 0 Å². The van der Waals surface area contributed by atoms with Gasteiger partial charge in [-0.3, -0.25) is 0 Å². The van der Waals surface area contributed by atoms with Crippen LogP contribution in [0.2, 0.25) is 0 Å².